The number of carbonyl (C=O) groups is 1. The molecule has 10 nitrogen and oxygen atoms in total. The molecule has 1 saturated heterocycles. The van der Waals surface area contributed by atoms with Gasteiger partial charge in [-0.1, -0.05) is 30.3 Å². The van der Waals surface area contributed by atoms with Crippen molar-refractivity contribution in [2.24, 2.45) is 0 Å². The van der Waals surface area contributed by atoms with Crippen LogP contribution in [0.2, 0.25) is 0 Å². The van der Waals surface area contributed by atoms with Crippen LogP contribution in [0.5, 0.6) is 0 Å². The van der Waals surface area contributed by atoms with Gasteiger partial charge in [-0.2, -0.15) is 0 Å². The molecule has 1 aromatic carbocycles. The van der Waals surface area contributed by atoms with E-state index in [1.807, 2.05) is 77.1 Å². The number of likely N-dealkylation sites (tertiary alicyclic amines) is 1. The molecule has 0 bridgehead atoms. The van der Waals surface area contributed by atoms with Crippen molar-refractivity contribution in [3.05, 3.63) is 64.3 Å². The fourth-order valence-electron chi connectivity index (χ4n) is 4.80. The van der Waals surface area contributed by atoms with E-state index in [4.69, 9.17) is 15.6 Å². The summed E-state index contributed by atoms with van der Waals surface area (Å²) in [6, 6.07) is 13.3. The molecular formula is C27H31N7O3. The van der Waals surface area contributed by atoms with Crippen molar-refractivity contribution in [2.75, 3.05) is 18.8 Å². The number of nitrogens with zero attached hydrogens (tertiary/aromatic N) is 6. The number of amides is 1. The molecule has 10 heteroatoms. The molecule has 0 spiro atoms. The summed E-state index contributed by atoms with van der Waals surface area (Å²) in [4.78, 5) is 37.0. The van der Waals surface area contributed by atoms with Crippen LogP contribution in [0.15, 0.2) is 47.3 Å². The summed E-state index contributed by atoms with van der Waals surface area (Å²) in [5, 5.41) is 4.79. The van der Waals surface area contributed by atoms with Crippen LogP contribution in [0, 0.1) is 13.8 Å². The van der Waals surface area contributed by atoms with E-state index in [1.165, 1.54) is 9.08 Å². The molecule has 4 aromatic rings. The number of aromatic nitrogens is 5. The number of nitrogen functional groups attached to an aromatic ring is 1. The monoisotopic (exact) mass is 501 g/mol. The number of benzene rings is 1. The average molecular weight is 502 g/mol. The van der Waals surface area contributed by atoms with Crippen molar-refractivity contribution < 1.29 is 9.53 Å². The zero-order chi connectivity index (χ0) is 26.5. The Morgan fingerprint density at radius 3 is 2.38 bits per heavy atom. The predicted octanol–water partition coefficient (Wildman–Crippen LogP) is 4.00. The Balaban J connectivity index is 1.66. The highest BCUT2D eigenvalue weighted by atomic mass is 16.6. The van der Waals surface area contributed by atoms with Crippen LogP contribution in [-0.4, -0.2) is 53.8 Å². The summed E-state index contributed by atoms with van der Waals surface area (Å²) in [5.41, 5.74) is 10.5. The number of ether oxygens (including phenoxy) is 1. The lowest BCUT2D eigenvalue weighted by atomic mass is 9.99. The molecule has 37 heavy (non-hydrogen) atoms. The number of hydrogen-bond donors (Lipinski definition) is 1. The quantitative estimate of drug-likeness (QED) is 0.450. The Hall–Kier alpha value is -4.21. The van der Waals surface area contributed by atoms with Gasteiger partial charge in [0.15, 0.2) is 5.65 Å². The van der Waals surface area contributed by atoms with Crippen molar-refractivity contribution in [1.29, 1.82) is 0 Å². The third kappa shape index (κ3) is 4.66. The van der Waals surface area contributed by atoms with E-state index in [2.05, 4.69) is 9.97 Å². The van der Waals surface area contributed by atoms with Crippen LogP contribution >= 0.6 is 0 Å². The fourth-order valence-corrected chi connectivity index (χ4v) is 4.80. The number of carbonyl (C=O) groups excluding carboxylic acids is 1. The third-order valence-electron chi connectivity index (χ3n) is 6.30. The molecular weight excluding hydrogens is 470 g/mol. The molecule has 2 N–H and O–H groups in total. The van der Waals surface area contributed by atoms with Crippen molar-refractivity contribution >= 4 is 17.7 Å². The number of pyridine rings is 1. The van der Waals surface area contributed by atoms with Crippen molar-refractivity contribution in [3.63, 3.8) is 0 Å². The van der Waals surface area contributed by atoms with Gasteiger partial charge in [0, 0.05) is 30.0 Å². The molecule has 0 aliphatic carbocycles. The van der Waals surface area contributed by atoms with Crippen molar-refractivity contribution in [1.82, 2.24) is 29.0 Å². The second-order valence-electron chi connectivity index (χ2n) is 10.5. The largest absolute Gasteiger partial charge is 0.444 e. The third-order valence-corrected chi connectivity index (χ3v) is 6.30. The lowest BCUT2D eigenvalue weighted by Crippen LogP contribution is -2.36. The smallest absolute Gasteiger partial charge is 0.410 e. The van der Waals surface area contributed by atoms with Gasteiger partial charge in [-0.15, -0.1) is 5.10 Å². The van der Waals surface area contributed by atoms with Crippen LogP contribution < -0.4 is 11.4 Å². The van der Waals surface area contributed by atoms with E-state index in [0.29, 0.717) is 36.4 Å². The molecule has 1 aliphatic heterocycles. The normalized spacial score (nSPS) is 15.9. The Labute approximate surface area is 214 Å². The van der Waals surface area contributed by atoms with Gasteiger partial charge in [0.1, 0.15) is 5.60 Å². The summed E-state index contributed by atoms with van der Waals surface area (Å²) in [6.45, 7) is 10.1. The second kappa shape index (κ2) is 9.02. The number of hydrogen-bond acceptors (Lipinski definition) is 7. The molecule has 1 aliphatic rings. The first kappa shape index (κ1) is 24.5. The van der Waals surface area contributed by atoms with Gasteiger partial charge in [0.2, 0.25) is 5.95 Å². The minimum absolute atomic E-state index is 0.0540. The number of aryl methyl sites for hydroxylation is 2. The second-order valence-corrected chi connectivity index (χ2v) is 10.5. The molecule has 0 saturated carbocycles. The highest BCUT2D eigenvalue weighted by Crippen LogP contribution is 2.35. The van der Waals surface area contributed by atoms with Gasteiger partial charge < -0.3 is 15.4 Å². The maximum Gasteiger partial charge on any atom is 0.410 e. The first-order valence-electron chi connectivity index (χ1n) is 12.3. The maximum atomic E-state index is 13.6. The SMILES string of the molecule is Cc1cc(-c2c(-c3ccccc3)nc(N)n3c(=O)n(C4CCN(C(=O)OC(C)(C)C)C4)nc23)cc(C)n1. The summed E-state index contributed by atoms with van der Waals surface area (Å²) in [7, 11) is 0. The van der Waals surface area contributed by atoms with Crippen molar-refractivity contribution in [3.8, 4) is 22.4 Å². The Morgan fingerprint density at radius 2 is 1.73 bits per heavy atom. The van der Waals surface area contributed by atoms with Crippen LogP contribution in [-0.2, 0) is 4.74 Å². The minimum Gasteiger partial charge on any atom is -0.444 e. The Bertz CT molecular complexity index is 1530. The topological polar surface area (TPSA) is 121 Å². The number of fused-ring (bicyclic) bond motifs is 1. The number of anilines is 1. The summed E-state index contributed by atoms with van der Waals surface area (Å²) < 4.78 is 8.29. The predicted molar refractivity (Wildman–Crippen MR) is 141 cm³/mol. The number of rotatable bonds is 3. The Kier molecular flexibility index (Phi) is 5.97. The molecule has 192 valence electrons. The van der Waals surface area contributed by atoms with E-state index in [-0.39, 0.29) is 17.7 Å². The molecule has 0 radical (unpaired) electrons. The van der Waals surface area contributed by atoms with E-state index in [1.54, 1.807) is 4.90 Å². The van der Waals surface area contributed by atoms with Crippen LogP contribution in [0.3, 0.4) is 0 Å². The Morgan fingerprint density at radius 1 is 1.05 bits per heavy atom. The van der Waals surface area contributed by atoms with Crippen molar-refractivity contribution in [2.45, 2.75) is 52.7 Å². The molecule has 1 unspecified atom stereocenters. The first-order valence-corrected chi connectivity index (χ1v) is 12.3. The highest BCUT2D eigenvalue weighted by molar-refractivity contribution is 5.90. The fraction of sp³-hybridized carbons (Fsp3) is 0.370. The zero-order valence-corrected chi connectivity index (χ0v) is 21.7. The lowest BCUT2D eigenvalue weighted by Gasteiger charge is -2.24. The van der Waals surface area contributed by atoms with E-state index in [9.17, 15) is 9.59 Å². The minimum atomic E-state index is -0.598. The van der Waals surface area contributed by atoms with Gasteiger partial charge in [0.05, 0.1) is 17.3 Å². The standard InChI is InChI=1S/C27H31N7O3/c1-16-13-19(14-17(2)29-16)21-22(18-9-7-6-8-10-18)30-24(28)33-23(21)31-34(25(33)35)20-11-12-32(15-20)26(36)37-27(3,4)5/h6-10,13-14,20H,11-12,15H2,1-5H3,(H2,28,30). The molecule has 5 rings (SSSR count). The molecule has 1 fully saturated rings. The van der Waals surface area contributed by atoms with E-state index >= 15 is 0 Å². The summed E-state index contributed by atoms with van der Waals surface area (Å²) >= 11 is 0. The molecule has 1 amide bonds. The van der Waals surface area contributed by atoms with Crippen LogP contribution in [0.25, 0.3) is 28.0 Å². The van der Waals surface area contributed by atoms with Gasteiger partial charge in [-0.25, -0.2) is 23.7 Å². The highest BCUT2D eigenvalue weighted by Gasteiger charge is 2.33. The van der Waals surface area contributed by atoms with Gasteiger partial charge in [-0.05, 0) is 58.7 Å². The van der Waals surface area contributed by atoms with Crippen LogP contribution in [0.1, 0.15) is 44.6 Å². The number of nitrogens with two attached hydrogens (primary N) is 1. The van der Waals surface area contributed by atoms with Gasteiger partial charge >= 0.3 is 11.8 Å². The summed E-state index contributed by atoms with van der Waals surface area (Å²) in [5.74, 6) is 0.0540. The van der Waals surface area contributed by atoms with E-state index < -0.39 is 11.7 Å². The summed E-state index contributed by atoms with van der Waals surface area (Å²) in [6.07, 6.45) is 0.174. The first-order chi connectivity index (χ1) is 17.5. The molecule has 4 heterocycles. The van der Waals surface area contributed by atoms with Gasteiger partial charge in [-0.3, -0.25) is 4.98 Å². The van der Waals surface area contributed by atoms with Crippen LogP contribution in [0.4, 0.5) is 10.7 Å². The molecule has 1 atom stereocenters. The molecule has 3 aromatic heterocycles. The lowest BCUT2D eigenvalue weighted by molar-refractivity contribution is 0.0288. The van der Waals surface area contributed by atoms with Gasteiger partial charge in [0.25, 0.3) is 0 Å². The average Bonchev–Trinajstić information content (AvgIpc) is 3.43. The zero-order valence-electron chi connectivity index (χ0n) is 21.7. The maximum absolute atomic E-state index is 13.6. The van der Waals surface area contributed by atoms with E-state index in [0.717, 1.165) is 22.5 Å².